The van der Waals surface area contributed by atoms with Gasteiger partial charge >= 0.3 is 0 Å². The molecule has 0 fully saturated rings. The van der Waals surface area contributed by atoms with Gasteiger partial charge in [0, 0.05) is 28.2 Å². The van der Waals surface area contributed by atoms with E-state index in [1.54, 1.807) is 29.2 Å². The highest BCUT2D eigenvalue weighted by molar-refractivity contribution is 6.35. The summed E-state index contributed by atoms with van der Waals surface area (Å²) in [6.07, 6.45) is 6.03. The first-order valence-corrected chi connectivity index (χ1v) is 10.7. The number of hydrogen-bond donors (Lipinski definition) is 1. The zero-order chi connectivity index (χ0) is 21.5. The van der Waals surface area contributed by atoms with Crippen molar-refractivity contribution in [2.45, 2.75) is 46.6 Å². The molecule has 1 aromatic carbocycles. The van der Waals surface area contributed by atoms with E-state index in [4.69, 9.17) is 27.7 Å². The van der Waals surface area contributed by atoms with Crippen LogP contribution < -0.4 is 5.32 Å². The number of hydrogen-bond acceptors (Lipinski definition) is 4. The number of carbonyl (C=O) groups is 1. The van der Waals surface area contributed by atoms with Gasteiger partial charge in [0.15, 0.2) is 5.69 Å². The molecule has 6 nitrogen and oxygen atoms in total. The van der Waals surface area contributed by atoms with Crippen LogP contribution in [0, 0.1) is 11.3 Å². The second-order valence-electron chi connectivity index (χ2n) is 8.86. The molecule has 1 amide bonds. The first-order chi connectivity index (χ1) is 14.2. The number of benzene rings is 1. The molecule has 1 N–H and O–H groups in total. The second-order valence-corrected chi connectivity index (χ2v) is 9.70. The van der Waals surface area contributed by atoms with Crippen LogP contribution in [-0.4, -0.2) is 20.8 Å². The third-order valence-electron chi connectivity index (χ3n) is 5.72. The quantitative estimate of drug-likeness (QED) is 0.563. The van der Waals surface area contributed by atoms with Crippen LogP contribution in [-0.2, 0) is 19.4 Å². The van der Waals surface area contributed by atoms with Gasteiger partial charge in [-0.25, -0.2) is 0 Å². The molecule has 2 heterocycles. The van der Waals surface area contributed by atoms with Crippen molar-refractivity contribution in [2.24, 2.45) is 11.3 Å². The first-order valence-electron chi connectivity index (χ1n) is 9.96. The standard InChI is InChI=1S/C22H24Cl2N4O2/c1-22(2,3)14-5-7-19-17(8-14)20(27-30-19)21(29)26-16-10-25-28(12-16)11-13-4-6-15(23)9-18(13)24/h4,6,9-10,12,14H,5,7-8,11H2,1-3H3,(H,26,29)/t14-/m1/s1. The van der Waals surface area contributed by atoms with E-state index < -0.39 is 0 Å². The van der Waals surface area contributed by atoms with Crippen molar-refractivity contribution < 1.29 is 9.32 Å². The Morgan fingerprint density at radius 1 is 1.33 bits per heavy atom. The molecule has 0 saturated carbocycles. The lowest BCUT2D eigenvalue weighted by Crippen LogP contribution is -2.27. The Bertz CT molecular complexity index is 1080. The van der Waals surface area contributed by atoms with E-state index in [1.165, 1.54) is 0 Å². The molecule has 2 aromatic heterocycles. The number of fused-ring (bicyclic) bond motifs is 1. The molecule has 0 bridgehead atoms. The number of carbonyl (C=O) groups excluding carboxylic acids is 1. The summed E-state index contributed by atoms with van der Waals surface area (Å²) in [6, 6.07) is 5.34. The predicted molar refractivity (Wildman–Crippen MR) is 117 cm³/mol. The Morgan fingerprint density at radius 3 is 2.87 bits per heavy atom. The van der Waals surface area contributed by atoms with Crippen LogP contribution in [0.25, 0.3) is 0 Å². The van der Waals surface area contributed by atoms with Crippen molar-refractivity contribution in [3.63, 3.8) is 0 Å². The number of anilines is 1. The Balaban J connectivity index is 1.46. The summed E-state index contributed by atoms with van der Waals surface area (Å²) in [4.78, 5) is 12.9. The highest BCUT2D eigenvalue weighted by Gasteiger charge is 2.34. The van der Waals surface area contributed by atoms with Crippen LogP contribution in [0.1, 0.15) is 54.6 Å². The third-order valence-corrected chi connectivity index (χ3v) is 6.31. The third kappa shape index (κ3) is 4.40. The van der Waals surface area contributed by atoms with E-state index in [9.17, 15) is 4.79 Å². The Hall–Kier alpha value is -2.31. The normalized spacial score (nSPS) is 16.4. The summed E-state index contributed by atoms with van der Waals surface area (Å²) in [5.74, 6) is 1.04. The van der Waals surface area contributed by atoms with Gasteiger partial charge in [-0.2, -0.15) is 5.10 Å². The summed E-state index contributed by atoms with van der Waals surface area (Å²) in [7, 11) is 0. The SMILES string of the molecule is CC(C)(C)[C@@H]1CCc2onc(C(=O)Nc3cnn(Cc4ccc(Cl)cc4Cl)c3)c2C1. The number of aryl methyl sites for hydroxylation is 1. The average Bonchev–Trinajstić information content (AvgIpc) is 3.29. The summed E-state index contributed by atoms with van der Waals surface area (Å²) in [5, 5.41) is 12.4. The van der Waals surface area contributed by atoms with Crippen LogP contribution in [0.2, 0.25) is 10.0 Å². The zero-order valence-corrected chi connectivity index (χ0v) is 18.7. The van der Waals surface area contributed by atoms with Crippen LogP contribution in [0.15, 0.2) is 35.1 Å². The summed E-state index contributed by atoms with van der Waals surface area (Å²) in [5.41, 5.74) is 2.95. The molecular formula is C22H24Cl2N4O2. The monoisotopic (exact) mass is 446 g/mol. The topological polar surface area (TPSA) is 73.0 Å². The number of halogens is 2. The lowest BCUT2D eigenvalue weighted by molar-refractivity contribution is 0.101. The Kier molecular flexibility index (Phi) is 5.64. The smallest absolute Gasteiger partial charge is 0.278 e. The molecule has 0 aliphatic heterocycles. The van der Waals surface area contributed by atoms with Gasteiger partial charge in [-0.3, -0.25) is 9.48 Å². The van der Waals surface area contributed by atoms with Crippen molar-refractivity contribution >= 4 is 34.8 Å². The van der Waals surface area contributed by atoms with Gasteiger partial charge in [0.2, 0.25) is 0 Å². The zero-order valence-electron chi connectivity index (χ0n) is 17.2. The van der Waals surface area contributed by atoms with Gasteiger partial charge in [0.1, 0.15) is 5.76 Å². The average molecular weight is 447 g/mol. The van der Waals surface area contributed by atoms with Gasteiger partial charge in [-0.15, -0.1) is 0 Å². The summed E-state index contributed by atoms with van der Waals surface area (Å²) < 4.78 is 7.16. The maximum Gasteiger partial charge on any atom is 0.278 e. The van der Waals surface area contributed by atoms with E-state index in [2.05, 4.69) is 36.3 Å². The fourth-order valence-corrected chi connectivity index (χ4v) is 4.32. The van der Waals surface area contributed by atoms with Crippen molar-refractivity contribution in [1.29, 1.82) is 0 Å². The summed E-state index contributed by atoms with van der Waals surface area (Å²) >= 11 is 12.2. The minimum atomic E-state index is -0.279. The molecule has 0 spiro atoms. The molecule has 1 atom stereocenters. The largest absolute Gasteiger partial charge is 0.360 e. The highest BCUT2D eigenvalue weighted by Crippen LogP contribution is 2.38. The molecule has 1 aliphatic carbocycles. The minimum Gasteiger partial charge on any atom is -0.360 e. The van der Waals surface area contributed by atoms with Crippen molar-refractivity contribution in [3.05, 3.63) is 63.2 Å². The van der Waals surface area contributed by atoms with Gasteiger partial charge in [-0.05, 0) is 41.9 Å². The van der Waals surface area contributed by atoms with Gasteiger partial charge in [0.05, 0.1) is 18.4 Å². The van der Waals surface area contributed by atoms with Gasteiger partial charge in [-0.1, -0.05) is 55.2 Å². The van der Waals surface area contributed by atoms with E-state index in [0.717, 1.165) is 36.1 Å². The van der Waals surface area contributed by atoms with E-state index in [0.29, 0.717) is 33.9 Å². The van der Waals surface area contributed by atoms with Crippen LogP contribution in [0.5, 0.6) is 0 Å². The molecular weight excluding hydrogens is 423 g/mol. The van der Waals surface area contributed by atoms with E-state index in [1.807, 2.05) is 6.07 Å². The van der Waals surface area contributed by atoms with Gasteiger partial charge in [0.25, 0.3) is 5.91 Å². The predicted octanol–water partition coefficient (Wildman–Crippen LogP) is 5.63. The van der Waals surface area contributed by atoms with Crippen LogP contribution in [0.4, 0.5) is 5.69 Å². The molecule has 3 aromatic rings. The fourth-order valence-electron chi connectivity index (χ4n) is 3.85. The number of rotatable bonds is 4. The van der Waals surface area contributed by atoms with Crippen molar-refractivity contribution in [1.82, 2.24) is 14.9 Å². The number of nitrogens with one attached hydrogen (secondary N) is 1. The maximum absolute atomic E-state index is 12.9. The minimum absolute atomic E-state index is 0.173. The van der Waals surface area contributed by atoms with Crippen molar-refractivity contribution in [2.75, 3.05) is 5.32 Å². The molecule has 1 aliphatic rings. The molecule has 0 radical (unpaired) electrons. The Morgan fingerprint density at radius 2 is 2.13 bits per heavy atom. The summed E-state index contributed by atoms with van der Waals surface area (Å²) in [6.45, 7) is 7.17. The van der Waals surface area contributed by atoms with E-state index in [-0.39, 0.29) is 11.3 Å². The van der Waals surface area contributed by atoms with E-state index >= 15 is 0 Å². The second kappa shape index (κ2) is 8.08. The lowest BCUT2D eigenvalue weighted by Gasteiger charge is -2.33. The van der Waals surface area contributed by atoms with Crippen LogP contribution in [0.3, 0.4) is 0 Å². The maximum atomic E-state index is 12.9. The number of aromatic nitrogens is 3. The molecule has 0 unspecified atom stereocenters. The molecule has 0 saturated heterocycles. The lowest BCUT2D eigenvalue weighted by atomic mass is 9.71. The number of nitrogens with zero attached hydrogens (tertiary/aromatic N) is 3. The number of amides is 1. The molecule has 8 heteroatoms. The van der Waals surface area contributed by atoms with Crippen molar-refractivity contribution in [3.8, 4) is 0 Å². The highest BCUT2D eigenvalue weighted by atomic mass is 35.5. The fraction of sp³-hybridized carbons (Fsp3) is 0.409. The van der Waals surface area contributed by atoms with Crippen LogP contribution >= 0.6 is 23.2 Å². The van der Waals surface area contributed by atoms with Gasteiger partial charge < -0.3 is 9.84 Å². The Labute approximate surface area is 185 Å². The first kappa shape index (κ1) is 20.9. The molecule has 30 heavy (non-hydrogen) atoms. The molecule has 158 valence electrons. The molecule has 4 rings (SSSR count).